The lowest BCUT2D eigenvalue weighted by molar-refractivity contribution is 0.394. The molecule has 2 heterocycles. The van der Waals surface area contributed by atoms with E-state index >= 15 is 0 Å². The number of likely N-dealkylation sites (tertiary alicyclic amines) is 1. The Kier molecular flexibility index (Phi) is 7.61. The normalized spacial score (nSPS) is 19.1. The van der Waals surface area contributed by atoms with Gasteiger partial charge >= 0.3 is 0 Å². The first kappa shape index (κ1) is 19.2. The molecule has 0 aromatic carbocycles. The first-order chi connectivity index (χ1) is 10.0. The molecule has 0 saturated carbocycles. The van der Waals surface area contributed by atoms with Crippen LogP contribution < -0.4 is 10.6 Å². The molecule has 1 aromatic heterocycles. The summed E-state index contributed by atoms with van der Waals surface area (Å²) < 4.78 is 1.93. The van der Waals surface area contributed by atoms with Gasteiger partial charge < -0.3 is 15.5 Å². The summed E-state index contributed by atoms with van der Waals surface area (Å²) in [6.45, 7) is 8.26. The van der Waals surface area contributed by atoms with Crippen molar-refractivity contribution in [2.24, 2.45) is 18.0 Å². The van der Waals surface area contributed by atoms with E-state index < -0.39 is 0 Å². The van der Waals surface area contributed by atoms with Gasteiger partial charge in [-0.25, -0.2) is 0 Å². The number of aliphatic imine (C=N–C) groups is 1. The van der Waals surface area contributed by atoms with Gasteiger partial charge in [0.25, 0.3) is 0 Å². The molecule has 1 aromatic rings. The van der Waals surface area contributed by atoms with E-state index in [4.69, 9.17) is 0 Å². The van der Waals surface area contributed by atoms with Crippen molar-refractivity contribution in [1.82, 2.24) is 25.3 Å². The molecule has 1 aliphatic rings. The number of rotatable bonds is 4. The minimum atomic E-state index is 0. The van der Waals surface area contributed by atoms with Gasteiger partial charge in [0.1, 0.15) is 0 Å². The van der Waals surface area contributed by atoms with Crippen molar-refractivity contribution in [2.75, 3.05) is 33.7 Å². The van der Waals surface area contributed by atoms with Crippen LogP contribution in [0.25, 0.3) is 0 Å². The van der Waals surface area contributed by atoms with Crippen molar-refractivity contribution in [2.45, 2.75) is 26.8 Å². The van der Waals surface area contributed by atoms with Gasteiger partial charge in [0, 0.05) is 45.0 Å². The molecule has 2 rings (SSSR count). The molecule has 126 valence electrons. The van der Waals surface area contributed by atoms with Crippen molar-refractivity contribution >= 4 is 29.9 Å². The third-order valence-corrected chi connectivity index (χ3v) is 4.36. The van der Waals surface area contributed by atoms with E-state index in [1.165, 1.54) is 30.8 Å². The van der Waals surface area contributed by atoms with Gasteiger partial charge in [0.15, 0.2) is 5.96 Å². The quantitative estimate of drug-likeness (QED) is 0.438. The second-order valence-electron chi connectivity index (χ2n) is 6.00. The van der Waals surface area contributed by atoms with E-state index in [0.29, 0.717) is 0 Å². The molecule has 1 saturated heterocycles. The fourth-order valence-electron chi connectivity index (χ4n) is 2.90. The summed E-state index contributed by atoms with van der Waals surface area (Å²) in [5, 5.41) is 11.3. The predicted octanol–water partition coefficient (Wildman–Crippen LogP) is 1.27. The second kappa shape index (κ2) is 8.71. The maximum absolute atomic E-state index is 4.44. The molecule has 0 amide bonds. The van der Waals surface area contributed by atoms with E-state index in [1.807, 2.05) is 18.8 Å². The number of guanidine groups is 1. The van der Waals surface area contributed by atoms with Gasteiger partial charge in [-0.15, -0.1) is 24.0 Å². The SMILES string of the molecule is CN=C(NCc1c(C)nn(C)c1C)NCC1CCN(C)C1.I. The van der Waals surface area contributed by atoms with Gasteiger partial charge in [-0.1, -0.05) is 0 Å². The Labute approximate surface area is 150 Å². The van der Waals surface area contributed by atoms with Crippen LogP contribution >= 0.6 is 24.0 Å². The molecule has 0 bridgehead atoms. The summed E-state index contributed by atoms with van der Waals surface area (Å²) in [5.74, 6) is 1.59. The number of hydrogen-bond donors (Lipinski definition) is 2. The number of halogens is 1. The average Bonchev–Trinajstić information content (AvgIpc) is 2.96. The number of nitrogens with zero attached hydrogens (tertiary/aromatic N) is 4. The molecule has 1 fully saturated rings. The van der Waals surface area contributed by atoms with E-state index in [1.54, 1.807) is 0 Å². The van der Waals surface area contributed by atoms with E-state index in [9.17, 15) is 0 Å². The number of nitrogens with one attached hydrogen (secondary N) is 2. The van der Waals surface area contributed by atoms with E-state index in [-0.39, 0.29) is 24.0 Å². The van der Waals surface area contributed by atoms with Crippen LogP contribution in [0.3, 0.4) is 0 Å². The van der Waals surface area contributed by atoms with E-state index in [0.717, 1.165) is 30.7 Å². The minimum Gasteiger partial charge on any atom is -0.356 e. The largest absolute Gasteiger partial charge is 0.356 e. The zero-order chi connectivity index (χ0) is 15.4. The van der Waals surface area contributed by atoms with Gasteiger partial charge in [-0.05, 0) is 39.8 Å². The van der Waals surface area contributed by atoms with Crippen LogP contribution in [0.5, 0.6) is 0 Å². The van der Waals surface area contributed by atoms with E-state index in [2.05, 4.69) is 46.5 Å². The fraction of sp³-hybridized carbons (Fsp3) is 0.733. The van der Waals surface area contributed by atoms with Gasteiger partial charge in [-0.3, -0.25) is 9.67 Å². The smallest absolute Gasteiger partial charge is 0.191 e. The average molecular weight is 420 g/mol. The monoisotopic (exact) mass is 420 g/mol. The van der Waals surface area contributed by atoms with Crippen LogP contribution in [0.4, 0.5) is 0 Å². The molecular formula is C15H29IN6. The highest BCUT2D eigenvalue weighted by molar-refractivity contribution is 14.0. The summed E-state index contributed by atoms with van der Waals surface area (Å²) in [7, 11) is 5.98. The Morgan fingerprint density at radius 1 is 1.32 bits per heavy atom. The zero-order valence-electron chi connectivity index (χ0n) is 14.3. The summed E-state index contributed by atoms with van der Waals surface area (Å²) >= 11 is 0. The first-order valence-electron chi connectivity index (χ1n) is 7.63. The Bertz CT molecular complexity index is 510. The van der Waals surface area contributed by atoms with Crippen molar-refractivity contribution in [3.05, 3.63) is 17.0 Å². The molecule has 0 radical (unpaired) electrons. The predicted molar refractivity (Wildman–Crippen MR) is 102 cm³/mol. The Morgan fingerprint density at radius 2 is 2.05 bits per heavy atom. The topological polar surface area (TPSA) is 57.5 Å². The number of hydrogen-bond acceptors (Lipinski definition) is 3. The third kappa shape index (κ3) is 4.84. The lowest BCUT2D eigenvalue weighted by atomic mass is 10.1. The molecule has 0 spiro atoms. The van der Waals surface area contributed by atoms with Crippen LogP contribution in [0.2, 0.25) is 0 Å². The van der Waals surface area contributed by atoms with Crippen molar-refractivity contribution in [3.8, 4) is 0 Å². The highest BCUT2D eigenvalue weighted by Crippen LogP contribution is 2.13. The summed E-state index contributed by atoms with van der Waals surface area (Å²) in [6, 6.07) is 0. The molecule has 0 aliphatic carbocycles. The highest BCUT2D eigenvalue weighted by atomic mass is 127. The van der Waals surface area contributed by atoms with Crippen LogP contribution in [-0.4, -0.2) is 54.4 Å². The molecule has 6 nitrogen and oxygen atoms in total. The highest BCUT2D eigenvalue weighted by Gasteiger charge is 2.19. The lowest BCUT2D eigenvalue weighted by Crippen LogP contribution is -2.40. The second-order valence-corrected chi connectivity index (χ2v) is 6.00. The first-order valence-corrected chi connectivity index (χ1v) is 7.63. The zero-order valence-corrected chi connectivity index (χ0v) is 16.6. The maximum Gasteiger partial charge on any atom is 0.191 e. The van der Waals surface area contributed by atoms with Crippen LogP contribution in [0.15, 0.2) is 4.99 Å². The maximum atomic E-state index is 4.44. The van der Waals surface area contributed by atoms with Crippen LogP contribution in [0, 0.1) is 19.8 Å². The number of aryl methyl sites for hydroxylation is 2. The molecule has 1 atom stereocenters. The summed E-state index contributed by atoms with van der Waals surface area (Å²) in [5.41, 5.74) is 3.53. The molecule has 22 heavy (non-hydrogen) atoms. The van der Waals surface area contributed by atoms with Gasteiger partial charge in [-0.2, -0.15) is 5.10 Å². The van der Waals surface area contributed by atoms with Crippen LogP contribution in [0.1, 0.15) is 23.4 Å². The lowest BCUT2D eigenvalue weighted by Gasteiger charge is -2.15. The Morgan fingerprint density at radius 3 is 2.55 bits per heavy atom. The van der Waals surface area contributed by atoms with Gasteiger partial charge in [0.2, 0.25) is 0 Å². The molecule has 1 aliphatic heterocycles. The summed E-state index contributed by atoms with van der Waals surface area (Å²) in [4.78, 5) is 6.68. The van der Waals surface area contributed by atoms with Crippen molar-refractivity contribution in [3.63, 3.8) is 0 Å². The molecular weight excluding hydrogens is 391 g/mol. The molecule has 1 unspecified atom stereocenters. The third-order valence-electron chi connectivity index (χ3n) is 4.36. The molecule has 2 N–H and O–H groups in total. The molecule has 7 heteroatoms. The fourth-order valence-corrected chi connectivity index (χ4v) is 2.90. The Balaban J connectivity index is 0.00000242. The van der Waals surface area contributed by atoms with Crippen molar-refractivity contribution < 1.29 is 0 Å². The summed E-state index contributed by atoms with van der Waals surface area (Å²) in [6.07, 6.45) is 1.27. The Hall–Kier alpha value is -0.830. The number of aromatic nitrogens is 2. The van der Waals surface area contributed by atoms with Crippen molar-refractivity contribution in [1.29, 1.82) is 0 Å². The van der Waals surface area contributed by atoms with Crippen LogP contribution in [-0.2, 0) is 13.6 Å². The standard InChI is InChI=1S/C15H28N6.HI/c1-11-14(12(2)21(5)19-11)9-18-15(16-3)17-8-13-6-7-20(4)10-13;/h13H,6-10H2,1-5H3,(H2,16,17,18);1H. The minimum absolute atomic E-state index is 0. The van der Waals surface area contributed by atoms with Gasteiger partial charge in [0.05, 0.1) is 5.69 Å².